The third-order valence-corrected chi connectivity index (χ3v) is 4.37. The molecule has 0 saturated carbocycles. The number of ether oxygens (including phenoxy) is 1. The van der Waals surface area contributed by atoms with Crippen LogP contribution in [-0.4, -0.2) is 46.4 Å². The zero-order chi connectivity index (χ0) is 17.9. The number of aromatic carboxylic acids is 1. The SMILES string of the molecule is O=C(O)c1ccccc1CN1CC[C@@](O)(COc2ccc(F)cc2)C1. The van der Waals surface area contributed by atoms with Crippen molar-refractivity contribution in [2.75, 3.05) is 19.7 Å². The Morgan fingerprint density at radius 1 is 1.20 bits per heavy atom. The van der Waals surface area contributed by atoms with Gasteiger partial charge in [-0.3, -0.25) is 4.90 Å². The highest BCUT2D eigenvalue weighted by Crippen LogP contribution is 2.25. The molecule has 1 saturated heterocycles. The van der Waals surface area contributed by atoms with Crippen molar-refractivity contribution in [2.45, 2.75) is 18.6 Å². The molecule has 5 nitrogen and oxygen atoms in total. The van der Waals surface area contributed by atoms with Gasteiger partial charge in [0, 0.05) is 19.6 Å². The summed E-state index contributed by atoms with van der Waals surface area (Å²) in [5.41, 5.74) is -0.00812. The first-order valence-electron chi connectivity index (χ1n) is 8.09. The number of carboxylic acids is 1. The predicted octanol–water partition coefficient (Wildman–Crippen LogP) is 2.54. The van der Waals surface area contributed by atoms with E-state index in [0.717, 1.165) is 5.56 Å². The molecule has 0 unspecified atom stereocenters. The minimum absolute atomic E-state index is 0.107. The van der Waals surface area contributed by atoms with Crippen LogP contribution >= 0.6 is 0 Å². The minimum atomic E-state index is -1.01. The molecule has 1 aliphatic heterocycles. The summed E-state index contributed by atoms with van der Waals surface area (Å²) >= 11 is 0. The normalized spacial score (nSPS) is 20.6. The second kappa shape index (κ2) is 7.21. The fraction of sp³-hybridized carbons (Fsp3) is 0.316. The molecule has 1 heterocycles. The molecule has 1 fully saturated rings. The smallest absolute Gasteiger partial charge is 0.336 e. The van der Waals surface area contributed by atoms with Gasteiger partial charge in [0.05, 0.1) is 5.56 Å². The highest BCUT2D eigenvalue weighted by atomic mass is 19.1. The summed E-state index contributed by atoms with van der Waals surface area (Å²) in [6, 6.07) is 12.5. The average molecular weight is 345 g/mol. The van der Waals surface area contributed by atoms with Crippen LogP contribution in [0.2, 0.25) is 0 Å². The topological polar surface area (TPSA) is 70.0 Å². The second-order valence-corrected chi connectivity index (χ2v) is 6.39. The quantitative estimate of drug-likeness (QED) is 0.842. The second-order valence-electron chi connectivity index (χ2n) is 6.39. The first-order chi connectivity index (χ1) is 12.0. The van der Waals surface area contributed by atoms with Crippen molar-refractivity contribution in [3.8, 4) is 5.75 Å². The molecule has 25 heavy (non-hydrogen) atoms. The number of hydrogen-bond donors (Lipinski definition) is 2. The Morgan fingerprint density at radius 3 is 2.64 bits per heavy atom. The van der Waals surface area contributed by atoms with Gasteiger partial charge in [-0.15, -0.1) is 0 Å². The van der Waals surface area contributed by atoms with E-state index in [9.17, 15) is 19.4 Å². The first kappa shape index (κ1) is 17.4. The molecular formula is C19H20FNO4. The number of aliphatic hydroxyl groups is 1. The molecule has 2 aromatic rings. The molecule has 0 aliphatic carbocycles. The van der Waals surface area contributed by atoms with Crippen LogP contribution in [0, 0.1) is 5.82 Å². The fourth-order valence-electron chi connectivity index (χ4n) is 3.05. The van der Waals surface area contributed by atoms with Crippen LogP contribution in [0.1, 0.15) is 22.3 Å². The van der Waals surface area contributed by atoms with Gasteiger partial charge >= 0.3 is 5.97 Å². The largest absolute Gasteiger partial charge is 0.491 e. The number of halogens is 1. The number of rotatable bonds is 6. The van der Waals surface area contributed by atoms with Crippen molar-refractivity contribution in [1.82, 2.24) is 4.90 Å². The minimum Gasteiger partial charge on any atom is -0.491 e. The van der Waals surface area contributed by atoms with Gasteiger partial charge in [0.2, 0.25) is 0 Å². The molecule has 0 amide bonds. The Hall–Kier alpha value is -2.44. The Labute approximate surface area is 145 Å². The van der Waals surface area contributed by atoms with Crippen molar-refractivity contribution < 1.29 is 24.1 Å². The number of likely N-dealkylation sites (tertiary alicyclic amines) is 1. The number of hydrogen-bond acceptors (Lipinski definition) is 4. The Morgan fingerprint density at radius 2 is 1.92 bits per heavy atom. The number of benzene rings is 2. The van der Waals surface area contributed by atoms with E-state index in [1.165, 1.54) is 24.3 Å². The lowest BCUT2D eigenvalue weighted by Gasteiger charge is -2.24. The van der Waals surface area contributed by atoms with Gasteiger partial charge in [0.15, 0.2) is 0 Å². The lowest BCUT2D eigenvalue weighted by atomic mass is 10.1. The van der Waals surface area contributed by atoms with Gasteiger partial charge in [-0.25, -0.2) is 9.18 Å². The maximum absolute atomic E-state index is 12.9. The van der Waals surface area contributed by atoms with Crippen molar-refractivity contribution >= 4 is 5.97 Å². The summed E-state index contributed by atoms with van der Waals surface area (Å²) in [5, 5.41) is 19.9. The van der Waals surface area contributed by atoms with Crippen molar-refractivity contribution in [2.24, 2.45) is 0 Å². The third-order valence-electron chi connectivity index (χ3n) is 4.37. The molecule has 0 bridgehead atoms. The molecule has 2 N–H and O–H groups in total. The molecule has 3 rings (SSSR count). The van der Waals surface area contributed by atoms with E-state index in [-0.39, 0.29) is 18.0 Å². The lowest BCUT2D eigenvalue weighted by Crippen LogP contribution is -2.39. The van der Waals surface area contributed by atoms with Gasteiger partial charge in [-0.2, -0.15) is 0 Å². The Kier molecular flexibility index (Phi) is 5.01. The van der Waals surface area contributed by atoms with E-state index in [1.54, 1.807) is 18.2 Å². The summed E-state index contributed by atoms with van der Waals surface area (Å²) in [4.78, 5) is 13.3. The predicted molar refractivity (Wildman–Crippen MR) is 90.1 cm³/mol. The van der Waals surface area contributed by atoms with Crippen molar-refractivity contribution in [3.63, 3.8) is 0 Å². The van der Waals surface area contributed by atoms with E-state index < -0.39 is 11.6 Å². The molecule has 1 aliphatic rings. The molecule has 1 atom stereocenters. The molecule has 0 radical (unpaired) electrons. The van der Waals surface area contributed by atoms with E-state index in [0.29, 0.717) is 31.8 Å². The fourth-order valence-corrected chi connectivity index (χ4v) is 3.05. The van der Waals surface area contributed by atoms with E-state index in [4.69, 9.17) is 4.74 Å². The molecule has 0 aromatic heterocycles. The summed E-state index contributed by atoms with van der Waals surface area (Å²) < 4.78 is 18.5. The summed E-state index contributed by atoms with van der Waals surface area (Å²) in [5.74, 6) is -0.788. The molecule has 0 spiro atoms. The monoisotopic (exact) mass is 345 g/mol. The summed E-state index contributed by atoms with van der Waals surface area (Å²) in [6.45, 7) is 1.61. The molecular weight excluding hydrogens is 325 g/mol. The van der Waals surface area contributed by atoms with Gasteiger partial charge < -0.3 is 14.9 Å². The Balaban J connectivity index is 1.59. The first-order valence-corrected chi connectivity index (χ1v) is 8.09. The van der Waals surface area contributed by atoms with Crippen LogP contribution < -0.4 is 4.74 Å². The number of β-amino-alcohol motifs (C(OH)–C–C–N with tert-alkyl or cyclic N) is 1. The molecule has 6 heteroatoms. The number of carboxylic acid groups (broad SMARTS) is 1. The third kappa shape index (κ3) is 4.35. The van der Waals surface area contributed by atoms with Crippen molar-refractivity contribution in [1.29, 1.82) is 0 Å². The van der Waals surface area contributed by atoms with Gasteiger partial charge in [-0.1, -0.05) is 18.2 Å². The summed E-state index contributed by atoms with van der Waals surface area (Å²) in [7, 11) is 0. The lowest BCUT2D eigenvalue weighted by molar-refractivity contribution is 0.00335. The van der Waals surface area contributed by atoms with Crippen LogP contribution in [0.4, 0.5) is 4.39 Å². The maximum Gasteiger partial charge on any atom is 0.336 e. The standard InChI is InChI=1S/C19H20FNO4/c20-15-5-7-16(8-6-15)25-13-19(24)9-10-21(12-19)11-14-3-1-2-4-17(14)18(22)23/h1-8,24H,9-13H2,(H,22,23)/t19-/m0/s1. The molecule has 132 valence electrons. The van der Waals surface area contributed by atoms with E-state index in [2.05, 4.69) is 0 Å². The van der Waals surface area contributed by atoms with Gasteiger partial charge in [0.25, 0.3) is 0 Å². The Bertz CT molecular complexity index is 749. The highest BCUT2D eigenvalue weighted by molar-refractivity contribution is 5.89. The van der Waals surface area contributed by atoms with E-state index in [1.807, 2.05) is 11.0 Å². The number of carbonyl (C=O) groups is 1. The zero-order valence-electron chi connectivity index (χ0n) is 13.7. The molecule has 2 aromatic carbocycles. The zero-order valence-corrected chi connectivity index (χ0v) is 13.7. The highest BCUT2D eigenvalue weighted by Gasteiger charge is 2.37. The van der Waals surface area contributed by atoms with Crippen LogP contribution in [0.25, 0.3) is 0 Å². The average Bonchev–Trinajstić information content (AvgIpc) is 2.96. The van der Waals surface area contributed by atoms with Crippen molar-refractivity contribution in [3.05, 3.63) is 65.5 Å². The number of nitrogens with zero attached hydrogens (tertiary/aromatic N) is 1. The van der Waals surface area contributed by atoms with Crippen LogP contribution in [-0.2, 0) is 6.54 Å². The summed E-state index contributed by atoms with van der Waals surface area (Å²) in [6.07, 6.45) is 0.531. The van der Waals surface area contributed by atoms with Crippen LogP contribution in [0.15, 0.2) is 48.5 Å². The van der Waals surface area contributed by atoms with Crippen LogP contribution in [0.3, 0.4) is 0 Å². The van der Waals surface area contributed by atoms with E-state index >= 15 is 0 Å². The van der Waals surface area contributed by atoms with Gasteiger partial charge in [0.1, 0.15) is 23.8 Å². The maximum atomic E-state index is 12.9. The van der Waals surface area contributed by atoms with Crippen LogP contribution in [0.5, 0.6) is 5.75 Å². The van der Waals surface area contributed by atoms with Gasteiger partial charge in [-0.05, 0) is 42.3 Å².